The Morgan fingerprint density at radius 1 is 0.917 bits per heavy atom. The van der Waals surface area contributed by atoms with Crippen molar-refractivity contribution in [3.05, 3.63) is 0 Å². The molecule has 10 nitrogen and oxygen atoms in total. The maximum atomic E-state index is 10.9. The maximum absolute atomic E-state index is 10.9. The number of carbonyl (C=O) groups is 4. The number of thioether (sulfide) groups is 1. The molecule has 0 saturated carbocycles. The van der Waals surface area contributed by atoms with Crippen LogP contribution in [0.25, 0.3) is 0 Å². The van der Waals surface area contributed by atoms with E-state index in [4.69, 9.17) is 5.84 Å². The van der Waals surface area contributed by atoms with Crippen molar-refractivity contribution in [1.82, 2.24) is 26.9 Å². The Morgan fingerprint density at radius 3 is 1.92 bits per heavy atom. The average molecular weight is 364 g/mol. The molecule has 24 heavy (non-hydrogen) atoms. The van der Waals surface area contributed by atoms with Crippen LogP contribution in [0, 0.1) is 0 Å². The normalized spacial score (nSPS) is 9.17. The van der Waals surface area contributed by atoms with E-state index in [0.717, 1.165) is 12.2 Å². The summed E-state index contributed by atoms with van der Waals surface area (Å²) in [7, 11) is 1.59. The maximum Gasteiger partial charge on any atom is 0.253 e. The van der Waals surface area contributed by atoms with E-state index in [1.807, 2.05) is 18.6 Å². The van der Waals surface area contributed by atoms with Crippen LogP contribution in [-0.4, -0.2) is 55.8 Å². The monoisotopic (exact) mass is 364 g/mol. The molecule has 0 aliphatic carbocycles. The van der Waals surface area contributed by atoms with Crippen LogP contribution < -0.4 is 32.8 Å². The topological polar surface area (TPSA) is 154 Å². The highest BCUT2D eigenvalue weighted by Crippen LogP contribution is 1.94. The molecule has 0 aliphatic heterocycles. The van der Waals surface area contributed by atoms with Gasteiger partial charge < -0.3 is 10.6 Å². The van der Waals surface area contributed by atoms with E-state index >= 15 is 0 Å². The quantitative estimate of drug-likeness (QED) is 0.149. The minimum atomic E-state index is -0.396. The standard InChI is InChI=1S/C7H15N3O2.C6H13N3O2S/c1-3-4-6(11)9-5-7(12)10-8-2;1-12-3-2-5(10)8-4-6(11)9-7/h8H,3-5H2,1-2H3,(H,9,11)(H,10,12);2-4,7H2,1H3,(H,8,10)(H,9,11). The molecule has 0 atom stereocenters. The number of hydrogen-bond donors (Lipinski definition) is 6. The van der Waals surface area contributed by atoms with Gasteiger partial charge in [0.05, 0.1) is 13.1 Å². The molecule has 0 saturated heterocycles. The summed E-state index contributed by atoms with van der Waals surface area (Å²) in [5, 5.41) is 4.90. The van der Waals surface area contributed by atoms with Crippen LogP contribution >= 0.6 is 11.8 Å². The fourth-order valence-corrected chi connectivity index (χ4v) is 1.58. The average Bonchev–Trinajstić information content (AvgIpc) is 2.57. The van der Waals surface area contributed by atoms with Gasteiger partial charge in [0.25, 0.3) is 11.8 Å². The lowest BCUT2D eigenvalue weighted by atomic mass is 10.3. The van der Waals surface area contributed by atoms with Gasteiger partial charge in [-0.05, 0) is 12.7 Å². The van der Waals surface area contributed by atoms with Crippen LogP contribution in [0.1, 0.15) is 26.2 Å². The van der Waals surface area contributed by atoms with Crippen LogP contribution in [0.3, 0.4) is 0 Å². The molecule has 0 heterocycles. The molecule has 0 aliphatic rings. The zero-order valence-electron chi connectivity index (χ0n) is 14.4. The molecule has 0 aromatic heterocycles. The van der Waals surface area contributed by atoms with E-state index in [1.165, 1.54) is 0 Å². The zero-order chi connectivity index (χ0) is 18.8. The van der Waals surface area contributed by atoms with Crippen molar-refractivity contribution >= 4 is 35.4 Å². The van der Waals surface area contributed by atoms with Gasteiger partial charge in [0.15, 0.2) is 0 Å². The molecule has 4 amide bonds. The third kappa shape index (κ3) is 18.2. The predicted molar refractivity (Wildman–Crippen MR) is 93.5 cm³/mol. The van der Waals surface area contributed by atoms with Crippen LogP contribution in [0.2, 0.25) is 0 Å². The van der Waals surface area contributed by atoms with Gasteiger partial charge in [-0.25, -0.2) is 11.3 Å². The summed E-state index contributed by atoms with van der Waals surface area (Å²) in [6.45, 7) is 1.89. The van der Waals surface area contributed by atoms with Gasteiger partial charge in [0, 0.05) is 25.6 Å². The van der Waals surface area contributed by atoms with Gasteiger partial charge in [-0.15, -0.1) is 0 Å². The first kappa shape index (κ1) is 24.4. The number of hydrazine groups is 2. The van der Waals surface area contributed by atoms with E-state index in [9.17, 15) is 19.2 Å². The van der Waals surface area contributed by atoms with E-state index in [0.29, 0.717) is 12.8 Å². The van der Waals surface area contributed by atoms with Crippen molar-refractivity contribution in [2.24, 2.45) is 5.84 Å². The van der Waals surface area contributed by atoms with Crippen LogP contribution in [0.5, 0.6) is 0 Å². The molecule has 11 heteroatoms. The van der Waals surface area contributed by atoms with Crippen molar-refractivity contribution in [2.75, 3.05) is 32.1 Å². The van der Waals surface area contributed by atoms with E-state index in [1.54, 1.807) is 18.8 Å². The highest BCUT2D eigenvalue weighted by molar-refractivity contribution is 7.98. The summed E-state index contributed by atoms with van der Waals surface area (Å²) >= 11 is 1.58. The second-order valence-electron chi connectivity index (χ2n) is 4.41. The first-order chi connectivity index (χ1) is 11.4. The second kappa shape index (κ2) is 17.5. The third-order valence-corrected chi connectivity index (χ3v) is 2.94. The Hall–Kier alpha value is -1.85. The van der Waals surface area contributed by atoms with E-state index < -0.39 is 5.91 Å². The molecule has 0 unspecified atom stereocenters. The van der Waals surface area contributed by atoms with Gasteiger partial charge >= 0.3 is 0 Å². The Morgan fingerprint density at radius 2 is 1.46 bits per heavy atom. The Balaban J connectivity index is 0. The van der Waals surface area contributed by atoms with Gasteiger partial charge in [0.1, 0.15) is 0 Å². The molecule has 0 aromatic carbocycles. The van der Waals surface area contributed by atoms with Gasteiger partial charge in [-0.1, -0.05) is 6.92 Å². The molecule has 0 aromatic rings. The number of amides is 4. The molecule has 0 bridgehead atoms. The number of nitrogens with one attached hydrogen (secondary N) is 5. The molecule has 0 radical (unpaired) electrons. The fraction of sp³-hybridized carbons (Fsp3) is 0.692. The summed E-state index contributed by atoms with van der Waals surface area (Å²) in [5.74, 6) is 4.69. The predicted octanol–water partition coefficient (Wildman–Crippen LogP) is -2.00. The smallest absolute Gasteiger partial charge is 0.253 e. The summed E-state index contributed by atoms with van der Waals surface area (Å²) in [6, 6.07) is 0. The molecule has 140 valence electrons. The van der Waals surface area contributed by atoms with Crippen molar-refractivity contribution < 1.29 is 19.2 Å². The van der Waals surface area contributed by atoms with Crippen LogP contribution in [0.15, 0.2) is 0 Å². The van der Waals surface area contributed by atoms with Crippen molar-refractivity contribution in [3.63, 3.8) is 0 Å². The molecule has 0 rings (SSSR count). The number of rotatable bonds is 10. The van der Waals surface area contributed by atoms with Gasteiger partial charge in [-0.3, -0.25) is 30.0 Å². The third-order valence-electron chi connectivity index (χ3n) is 2.33. The minimum absolute atomic E-state index is 0.0275. The lowest BCUT2D eigenvalue weighted by Gasteiger charge is -2.04. The lowest BCUT2D eigenvalue weighted by Crippen LogP contribution is -2.41. The van der Waals surface area contributed by atoms with Gasteiger partial charge in [-0.2, -0.15) is 11.8 Å². The van der Waals surface area contributed by atoms with Crippen molar-refractivity contribution in [1.29, 1.82) is 0 Å². The van der Waals surface area contributed by atoms with Crippen molar-refractivity contribution in [2.45, 2.75) is 26.2 Å². The number of hydrogen-bond acceptors (Lipinski definition) is 7. The fourth-order valence-electron chi connectivity index (χ4n) is 1.19. The van der Waals surface area contributed by atoms with Crippen LogP contribution in [0.4, 0.5) is 0 Å². The van der Waals surface area contributed by atoms with Gasteiger partial charge in [0.2, 0.25) is 11.8 Å². The summed E-state index contributed by atoms with van der Waals surface area (Å²) in [4.78, 5) is 43.0. The Bertz CT molecular complexity index is 377. The minimum Gasteiger partial charge on any atom is -0.347 e. The first-order valence-corrected chi connectivity index (χ1v) is 8.77. The summed E-state index contributed by atoms with van der Waals surface area (Å²) in [5.41, 5.74) is 6.73. The molecule has 0 spiro atoms. The molecular weight excluding hydrogens is 336 g/mol. The SMILES string of the molecule is CCCC(=O)NCC(=O)NNC.CSCCC(=O)NCC(=O)NN. The van der Waals surface area contributed by atoms with E-state index in [2.05, 4.69) is 21.5 Å². The van der Waals surface area contributed by atoms with Crippen molar-refractivity contribution in [3.8, 4) is 0 Å². The molecular formula is C13H28N6O4S. The largest absolute Gasteiger partial charge is 0.347 e. The zero-order valence-corrected chi connectivity index (χ0v) is 15.2. The summed E-state index contributed by atoms with van der Waals surface area (Å²) in [6.07, 6.45) is 3.60. The molecule has 0 fully saturated rings. The summed E-state index contributed by atoms with van der Waals surface area (Å²) < 4.78 is 0. The molecule has 7 N–H and O–H groups in total. The number of nitrogens with two attached hydrogens (primary N) is 1. The Kier molecular flexibility index (Phi) is 17.8. The first-order valence-electron chi connectivity index (χ1n) is 7.38. The van der Waals surface area contributed by atoms with E-state index in [-0.39, 0.29) is 30.8 Å². The highest BCUT2D eigenvalue weighted by atomic mass is 32.2. The Labute approximate surface area is 146 Å². The second-order valence-corrected chi connectivity index (χ2v) is 5.40. The van der Waals surface area contributed by atoms with Crippen LogP contribution in [-0.2, 0) is 19.2 Å². The highest BCUT2D eigenvalue weighted by Gasteiger charge is 2.03. The lowest BCUT2D eigenvalue weighted by molar-refractivity contribution is -0.126. The number of carbonyl (C=O) groups excluding carboxylic acids is 4.